The lowest BCUT2D eigenvalue weighted by Crippen LogP contribution is -2.70. The molecule has 0 amide bonds. The van der Waals surface area contributed by atoms with Gasteiger partial charge in [0.05, 0.1) is 13.2 Å². The summed E-state index contributed by atoms with van der Waals surface area (Å²) in [5, 5.41) is 0. The quantitative estimate of drug-likeness (QED) is 0.0805. The van der Waals surface area contributed by atoms with Crippen LogP contribution >= 0.6 is 0 Å². The summed E-state index contributed by atoms with van der Waals surface area (Å²) in [5.41, 5.74) is 0.227. The molecule has 200 valence electrons. The minimum absolute atomic E-state index is 0.227. The Kier molecular flexibility index (Phi) is 17.0. The predicted molar refractivity (Wildman–Crippen MR) is 161 cm³/mol. The summed E-state index contributed by atoms with van der Waals surface area (Å²) in [6, 6.07) is 7.22. The fourth-order valence-corrected chi connectivity index (χ4v) is 26.0. The van der Waals surface area contributed by atoms with Crippen molar-refractivity contribution in [3.8, 4) is 0 Å². The number of unbranched alkanes of at least 4 members (excludes halogenated alkanes) is 12. The topological polar surface area (TPSA) is 9.23 Å². The summed E-state index contributed by atoms with van der Waals surface area (Å²) < 4.78 is 7.66. The third kappa shape index (κ3) is 9.73. The van der Waals surface area contributed by atoms with Crippen LogP contribution in [0.25, 0.3) is 0 Å². The first-order chi connectivity index (χ1) is 16.5. The molecular formula is C31H62OSi2. The Balaban J connectivity index is 2.71. The molecule has 0 bridgehead atoms. The van der Waals surface area contributed by atoms with Gasteiger partial charge in [-0.15, -0.1) is 13.2 Å². The first kappa shape index (κ1) is 31.9. The molecule has 0 spiro atoms. The maximum atomic E-state index is 7.66. The first-order valence-corrected chi connectivity index (χ1v) is 21.4. The van der Waals surface area contributed by atoms with Gasteiger partial charge in [0.2, 0.25) is 0 Å². The Hall–Kier alpha value is -0.126. The fourth-order valence-electron chi connectivity index (χ4n) is 7.02. The van der Waals surface area contributed by atoms with Crippen molar-refractivity contribution in [3.05, 3.63) is 25.3 Å². The minimum Gasteiger partial charge on any atom is -0.414 e. The van der Waals surface area contributed by atoms with E-state index >= 15 is 0 Å². The molecule has 0 radical (unpaired) electrons. The molecule has 1 heterocycles. The second-order valence-electron chi connectivity index (χ2n) is 11.4. The minimum atomic E-state index is -1.61. The van der Waals surface area contributed by atoms with Crippen molar-refractivity contribution in [1.29, 1.82) is 0 Å². The molecular weight excluding hydrogens is 445 g/mol. The standard InChI is InChI=1S/C31H62OSi2/c1-7-13-15-17-19-21-23-25-27-31(28-26-24-22-20-18-16-14-8-2)29-30-33(9-3,10-4)34(11-5,12-6)32-31/h7-8H,1-2,9-30H2,3-6H3. The van der Waals surface area contributed by atoms with Gasteiger partial charge in [-0.25, -0.2) is 0 Å². The predicted octanol–water partition coefficient (Wildman–Crippen LogP) is 11.3. The normalized spacial score (nSPS) is 18.6. The van der Waals surface area contributed by atoms with Crippen LogP contribution in [0, 0.1) is 0 Å². The second kappa shape index (κ2) is 18.2. The maximum Gasteiger partial charge on any atom is 0.180 e. The summed E-state index contributed by atoms with van der Waals surface area (Å²) in [6.07, 6.45) is 27.2. The van der Waals surface area contributed by atoms with Crippen LogP contribution in [-0.4, -0.2) is 21.0 Å². The highest BCUT2D eigenvalue weighted by Gasteiger charge is 2.58. The van der Waals surface area contributed by atoms with Crippen molar-refractivity contribution in [2.75, 3.05) is 0 Å². The summed E-state index contributed by atoms with van der Waals surface area (Å²) in [6.45, 7) is 17.7. The molecule has 1 saturated heterocycles. The molecule has 0 atom stereocenters. The molecule has 0 aromatic heterocycles. The van der Waals surface area contributed by atoms with E-state index < -0.39 is 15.4 Å². The van der Waals surface area contributed by atoms with Gasteiger partial charge in [-0.2, -0.15) is 0 Å². The Morgan fingerprint density at radius 3 is 1.41 bits per heavy atom. The van der Waals surface area contributed by atoms with Gasteiger partial charge in [0.1, 0.15) is 0 Å². The molecule has 1 fully saturated rings. The molecule has 0 aromatic carbocycles. The van der Waals surface area contributed by atoms with Crippen LogP contribution in [0.4, 0.5) is 0 Å². The zero-order valence-corrected chi connectivity index (χ0v) is 26.0. The molecule has 0 N–H and O–H groups in total. The van der Waals surface area contributed by atoms with E-state index in [0.29, 0.717) is 0 Å². The number of rotatable bonds is 22. The van der Waals surface area contributed by atoms with Crippen LogP contribution < -0.4 is 0 Å². The van der Waals surface area contributed by atoms with Gasteiger partial charge in [0, 0.05) is 0 Å². The highest BCUT2D eigenvalue weighted by molar-refractivity contribution is 7.40. The largest absolute Gasteiger partial charge is 0.414 e. The average molecular weight is 507 g/mol. The van der Waals surface area contributed by atoms with Crippen LogP contribution in [-0.2, 0) is 4.43 Å². The highest BCUT2D eigenvalue weighted by atomic mass is 29.3. The highest BCUT2D eigenvalue weighted by Crippen LogP contribution is 2.50. The zero-order chi connectivity index (χ0) is 25.2. The third-order valence-corrected chi connectivity index (χ3v) is 29.6. The summed E-state index contributed by atoms with van der Waals surface area (Å²) in [5.74, 6) is 0. The molecule has 3 heteroatoms. The lowest BCUT2D eigenvalue weighted by atomic mass is 9.87. The third-order valence-electron chi connectivity index (χ3n) is 9.51. The van der Waals surface area contributed by atoms with Crippen LogP contribution in [0.3, 0.4) is 0 Å². The van der Waals surface area contributed by atoms with E-state index in [2.05, 4.69) is 53.0 Å². The van der Waals surface area contributed by atoms with Crippen LogP contribution in [0.2, 0.25) is 30.2 Å². The van der Waals surface area contributed by atoms with Crippen LogP contribution in [0.15, 0.2) is 25.3 Å². The van der Waals surface area contributed by atoms with Crippen molar-refractivity contribution in [2.45, 2.75) is 173 Å². The molecule has 0 aliphatic carbocycles. The number of allylic oxidation sites excluding steroid dienone is 2. The number of hydrogen-bond donors (Lipinski definition) is 0. The van der Waals surface area contributed by atoms with E-state index in [9.17, 15) is 0 Å². The zero-order valence-electron chi connectivity index (χ0n) is 24.0. The molecule has 0 saturated carbocycles. The monoisotopic (exact) mass is 506 g/mol. The molecule has 0 unspecified atom stereocenters. The molecule has 1 nitrogen and oxygen atoms in total. The van der Waals surface area contributed by atoms with Crippen molar-refractivity contribution < 1.29 is 4.43 Å². The molecule has 0 aromatic rings. The van der Waals surface area contributed by atoms with Crippen molar-refractivity contribution in [3.63, 3.8) is 0 Å². The van der Waals surface area contributed by atoms with E-state index in [1.165, 1.54) is 133 Å². The molecule has 34 heavy (non-hydrogen) atoms. The van der Waals surface area contributed by atoms with E-state index in [1.807, 2.05) is 0 Å². The summed E-state index contributed by atoms with van der Waals surface area (Å²) in [4.78, 5) is 0. The van der Waals surface area contributed by atoms with Gasteiger partial charge in [-0.1, -0.05) is 122 Å². The van der Waals surface area contributed by atoms with Gasteiger partial charge < -0.3 is 4.43 Å². The smallest absolute Gasteiger partial charge is 0.180 e. The van der Waals surface area contributed by atoms with Gasteiger partial charge in [-0.3, -0.25) is 0 Å². The van der Waals surface area contributed by atoms with E-state index in [-0.39, 0.29) is 5.60 Å². The Morgan fingerprint density at radius 1 is 0.618 bits per heavy atom. The average Bonchev–Trinajstić information content (AvgIpc) is 2.87. The fraction of sp³-hybridized carbons (Fsp3) is 0.871. The van der Waals surface area contributed by atoms with Gasteiger partial charge in [0.25, 0.3) is 0 Å². The van der Waals surface area contributed by atoms with E-state index in [0.717, 1.165) is 0 Å². The van der Waals surface area contributed by atoms with Gasteiger partial charge >= 0.3 is 0 Å². The van der Waals surface area contributed by atoms with Crippen LogP contribution in [0.1, 0.15) is 137 Å². The van der Waals surface area contributed by atoms with Crippen molar-refractivity contribution >= 4 is 15.4 Å². The van der Waals surface area contributed by atoms with Gasteiger partial charge in [-0.05, 0) is 57.0 Å². The Bertz CT molecular complexity index is 498. The second-order valence-corrected chi connectivity index (χ2v) is 25.4. The lowest BCUT2D eigenvalue weighted by molar-refractivity contribution is 0.0268. The van der Waals surface area contributed by atoms with Crippen LogP contribution in [0.5, 0.6) is 0 Å². The first-order valence-electron chi connectivity index (χ1n) is 15.4. The maximum absolute atomic E-state index is 7.66. The number of hydrogen-bond acceptors (Lipinski definition) is 1. The molecule has 1 aliphatic heterocycles. The lowest BCUT2D eigenvalue weighted by Gasteiger charge is -2.57. The van der Waals surface area contributed by atoms with E-state index in [1.54, 1.807) is 6.04 Å². The van der Waals surface area contributed by atoms with Crippen molar-refractivity contribution in [1.82, 2.24) is 0 Å². The SMILES string of the molecule is C=CCCCCCCCCC1(CCCCCCCCC=C)CC[Si](CC)(CC)[Si](CC)(CC)O1. The molecule has 1 aliphatic rings. The van der Waals surface area contributed by atoms with E-state index in [4.69, 9.17) is 4.43 Å². The Morgan fingerprint density at radius 2 is 1.03 bits per heavy atom. The summed E-state index contributed by atoms with van der Waals surface area (Å²) >= 11 is 0. The van der Waals surface area contributed by atoms with Crippen molar-refractivity contribution in [2.24, 2.45) is 0 Å². The Labute approximate surface area is 217 Å². The summed E-state index contributed by atoms with van der Waals surface area (Å²) in [7, 11) is -2.85. The molecule has 1 rings (SSSR count). The van der Waals surface area contributed by atoms with Gasteiger partial charge in [0.15, 0.2) is 7.83 Å².